The highest BCUT2D eigenvalue weighted by Crippen LogP contribution is 2.38. The summed E-state index contributed by atoms with van der Waals surface area (Å²) < 4.78 is 16.1. The molecule has 0 aliphatic heterocycles. The molecule has 124 valence electrons. The Morgan fingerprint density at radius 2 is 1.88 bits per heavy atom. The second kappa shape index (κ2) is 5.78. The molecule has 0 atom stereocenters. The lowest BCUT2D eigenvalue weighted by Gasteiger charge is -2.23. The van der Waals surface area contributed by atoms with Crippen LogP contribution in [0.15, 0.2) is 30.7 Å². The van der Waals surface area contributed by atoms with Crippen LogP contribution in [0.3, 0.4) is 0 Å². The third-order valence-corrected chi connectivity index (χ3v) is 4.92. The number of hydrogen-bond acceptors (Lipinski definition) is 4. The topological polar surface area (TPSA) is 82.8 Å². The fraction of sp³-hybridized carbons (Fsp3) is 0.333. The minimum atomic E-state index is -0.429. The van der Waals surface area contributed by atoms with Gasteiger partial charge in [0.1, 0.15) is 23.6 Å². The lowest BCUT2D eigenvalue weighted by molar-refractivity contribution is 0.360. The molecule has 4 N–H and O–H groups in total. The molecule has 1 aliphatic rings. The van der Waals surface area contributed by atoms with Crippen molar-refractivity contribution < 1.29 is 4.39 Å². The maximum atomic E-state index is 13.9. The molecule has 2 heterocycles. The minimum Gasteiger partial charge on any atom is -0.396 e. The number of halogens is 1. The summed E-state index contributed by atoms with van der Waals surface area (Å²) in [6, 6.07) is 5.24. The molecule has 2 aromatic heterocycles. The van der Waals surface area contributed by atoms with Gasteiger partial charge in [-0.3, -0.25) is 0 Å². The summed E-state index contributed by atoms with van der Waals surface area (Å²) in [5.74, 6) is -0.0109. The quantitative estimate of drug-likeness (QED) is 0.700. The van der Waals surface area contributed by atoms with Crippen molar-refractivity contribution in [2.45, 2.75) is 38.1 Å². The molecule has 24 heavy (non-hydrogen) atoms. The van der Waals surface area contributed by atoms with Crippen molar-refractivity contribution in [1.82, 2.24) is 14.5 Å². The first kappa shape index (κ1) is 14.9. The van der Waals surface area contributed by atoms with E-state index in [1.165, 1.54) is 31.7 Å². The summed E-state index contributed by atoms with van der Waals surface area (Å²) in [6.07, 6.45) is 9.50. The van der Waals surface area contributed by atoms with Gasteiger partial charge >= 0.3 is 0 Å². The van der Waals surface area contributed by atoms with Crippen LogP contribution in [0.2, 0.25) is 0 Å². The Kier molecular flexibility index (Phi) is 3.59. The SMILES string of the molecule is Nc1ccc(-c2cn(C3CCCCC3)c3ncnc(N)c23)cc1F. The number of rotatable bonds is 2. The fourth-order valence-electron chi connectivity index (χ4n) is 3.66. The molecule has 0 unspecified atom stereocenters. The molecule has 0 saturated heterocycles. The molecule has 4 rings (SSSR count). The molecule has 6 heteroatoms. The highest BCUT2D eigenvalue weighted by atomic mass is 19.1. The first-order valence-corrected chi connectivity index (χ1v) is 8.31. The second-order valence-corrected chi connectivity index (χ2v) is 6.44. The van der Waals surface area contributed by atoms with Gasteiger partial charge < -0.3 is 16.0 Å². The highest BCUT2D eigenvalue weighted by molar-refractivity contribution is 6.00. The molecule has 1 fully saturated rings. The van der Waals surface area contributed by atoms with Crippen LogP contribution in [0.25, 0.3) is 22.2 Å². The summed E-state index contributed by atoms with van der Waals surface area (Å²) in [7, 11) is 0. The number of aromatic nitrogens is 3. The maximum Gasteiger partial charge on any atom is 0.146 e. The molecule has 0 bridgehead atoms. The Labute approximate surface area is 139 Å². The van der Waals surface area contributed by atoms with Gasteiger partial charge in [0.2, 0.25) is 0 Å². The Morgan fingerprint density at radius 3 is 2.62 bits per heavy atom. The Balaban J connectivity index is 1.93. The first-order chi connectivity index (χ1) is 11.6. The zero-order valence-electron chi connectivity index (χ0n) is 13.4. The average molecular weight is 325 g/mol. The van der Waals surface area contributed by atoms with Crippen molar-refractivity contribution in [2.75, 3.05) is 11.5 Å². The summed E-state index contributed by atoms with van der Waals surface area (Å²) in [5, 5.41) is 0.784. The average Bonchev–Trinajstić information content (AvgIpc) is 2.99. The van der Waals surface area contributed by atoms with Crippen molar-refractivity contribution in [3.05, 3.63) is 36.5 Å². The molecular weight excluding hydrogens is 305 g/mol. The Hall–Kier alpha value is -2.63. The van der Waals surface area contributed by atoms with Gasteiger partial charge in [0.15, 0.2) is 0 Å². The minimum absolute atomic E-state index is 0.138. The monoisotopic (exact) mass is 325 g/mol. The van der Waals surface area contributed by atoms with Crippen molar-refractivity contribution in [2.24, 2.45) is 0 Å². The lowest BCUT2D eigenvalue weighted by atomic mass is 9.95. The molecule has 0 amide bonds. The normalized spacial score (nSPS) is 15.9. The van der Waals surface area contributed by atoms with Gasteiger partial charge in [-0.25, -0.2) is 14.4 Å². The third-order valence-electron chi connectivity index (χ3n) is 4.92. The maximum absolute atomic E-state index is 13.9. The van der Waals surface area contributed by atoms with Crippen LogP contribution in [0.4, 0.5) is 15.9 Å². The van der Waals surface area contributed by atoms with E-state index in [0.29, 0.717) is 11.9 Å². The van der Waals surface area contributed by atoms with Crippen LogP contribution in [0.1, 0.15) is 38.1 Å². The van der Waals surface area contributed by atoms with Gasteiger partial charge in [-0.2, -0.15) is 0 Å². The summed E-state index contributed by atoms with van der Waals surface area (Å²) in [6.45, 7) is 0. The summed E-state index contributed by atoms with van der Waals surface area (Å²) in [4.78, 5) is 8.58. The molecule has 0 spiro atoms. The molecule has 1 aliphatic carbocycles. The predicted octanol–water partition coefficient (Wildman–Crippen LogP) is 3.91. The smallest absolute Gasteiger partial charge is 0.146 e. The fourth-order valence-corrected chi connectivity index (χ4v) is 3.66. The van der Waals surface area contributed by atoms with Crippen LogP contribution < -0.4 is 11.5 Å². The van der Waals surface area contributed by atoms with Crippen LogP contribution >= 0.6 is 0 Å². The van der Waals surface area contributed by atoms with E-state index in [9.17, 15) is 4.39 Å². The number of nitrogens with two attached hydrogens (primary N) is 2. The van der Waals surface area contributed by atoms with Gasteiger partial charge in [-0.15, -0.1) is 0 Å². The largest absolute Gasteiger partial charge is 0.396 e. The van der Waals surface area contributed by atoms with Gasteiger partial charge in [0.05, 0.1) is 11.1 Å². The van der Waals surface area contributed by atoms with E-state index in [2.05, 4.69) is 14.5 Å². The number of benzene rings is 1. The van der Waals surface area contributed by atoms with Gasteiger partial charge in [0, 0.05) is 17.8 Å². The lowest BCUT2D eigenvalue weighted by Crippen LogP contribution is -2.12. The first-order valence-electron chi connectivity index (χ1n) is 8.31. The van der Waals surface area contributed by atoms with Crippen molar-refractivity contribution in [3.8, 4) is 11.1 Å². The number of fused-ring (bicyclic) bond motifs is 1. The molecule has 5 nitrogen and oxygen atoms in total. The van der Waals surface area contributed by atoms with Crippen LogP contribution in [-0.4, -0.2) is 14.5 Å². The van der Waals surface area contributed by atoms with Crippen LogP contribution in [0, 0.1) is 5.82 Å². The van der Waals surface area contributed by atoms with E-state index in [1.807, 2.05) is 12.3 Å². The zero-order valence-corrected chi connectivity index (χ0v) is 13.4. The van der Waals surface area contributed by atoms with E-state index in [1.54, 1.807) is 6.07 Å². The third kappa shape index (κ3) is 2.38. The molecule has 1 saturated carbocycles. The Bertz CT molecular complexity index is 896. The van der Waals surface area contributed by atoms with Crippen molar-refractivity contribution in [1.29, 1.82) is 0 Å². The van der Waals surface area contributed by atoms with E-state index in [0.717, 1.165) is 35.0 Å². The standard InChI is InChI=1S/C18H20FN5/c19-14-8-11(6-7-15(14)20)13-9-24(12-4-2-1-3-5-12)18-16(13)17(21)22-10-23-18/h6-10,12H,1-5,20H2,(H2,21,22,23). The summed E-state index contributed by atoms with van der Waals surface area (Å²) >= 11 is 0. The number of nitrogen functional groups attached to an aromatic ring is 2. The molecule has 1 aromatic carbocycles. The molecule has 3 aromatic rings. The second-order valence-electron chi connectivity index (χ2n) is 6.44. The van der Waals surface area contributed by atoms with Gasteiger partial charge in [0.25, 0.3) is 0 Å². The predicted molar refractivity (Wildman–Crippen MR) is 93.9 cm³/mol. The van der Waals surface area contributed by atoms with Gasteiger partial charge in [-0.05, 0) is 30.5 Å². The van der Waals surface area contributed by atoms with Gasteiger partial charge in [-0.1, -0.05) is 25.3 Å². The van der Waals surface area contributed by atoms with E-state index in [4.69, 9.17) is 11.5 Å². The van der Waals surface area contributed by atoms with Crippen LogP contribution in [-0.2, 0) is 0 Å². The molecule has 0 radical (unpaired) electrons. The van der Waals surface area contributed by atoms with E-state index < -0.39 is 5.82 Å². The van der Waals surface area contributed by atoms with Crippen LogP contribution in [0.5, 0.6) is 0 Å². The number of nitrogens with zero attached hydrogens (tertiary/aromatic N) is 3. The highest BCUT2D eigenvalue weighted by Gasteiger charge is 2.22. The van der Waals surface area contributed by atoms with Crippen molar-refractivity contribution >= 4 is 22.5 Å². The number of hydrogen-bond donors (Lipinski definition) is 2. The van der Waals surface area contributed by atoms with Crippen molar-refractivity contribution in [3.63, 3.8) is 0 Å². The molecular formula is C18H20FN5. The van der Waals surface area contributed by atoms with E-state index >= 15 is 0 Å². The Morgan fingerprint density at radius 1 is 1.08 bits per heavy atom. The summed E-state index contributed by atoms with van der Waals surface area (Å²) in [5.41, 5.74) is 14.3. The zero-order chi connectivity index (χ0) is 16.7. The number of anilines is 2. The van der Waals surface area contributed by atoms with E-state index in [-0.39, 0.29) is 5.69 Å².